The molecule has 1 unspecified atom stereocenters. The molecule has 5 heteroatoms. The molecule has 2 N–H and O–H groups in total. The van der Waals surface area contributed by atoms with Crippen molar-refractivity contribution in [3.8, 4) is 0 Å². The summed E-state index contributed by atoms with van der Waals surface area (Å²) in [4.78, 5) is 18.9. The fourth-order valence-corrected chi connectivity index (χ4v) is 3.52. The number of amides is 2. The Kier molecular flexibility index (Phi) is 5.66. The molecule has 3 rings (SSSR count). The lowest BCUT2D eigenvalue weighted by molar-refractivity contribution is 0.144. The Morgan fingerprint density at radius 1 is 1.32 bits per heavy atom. The molecule has 0 radical (unpaired) electrons. The highest BCUT2D eigenvalue weighted by Gasteiger charge is 2.28. The molecule has 2 amide bonds. The van der Waals surface area contributed by atoms with Crippen LogP contribution in [0, 0.1) is 6.92 Å². The van der Waals surface area contributed by atoms with Gasteiger partial charge < -0.3 is 15.3 Å². The molecule has 0 aliphatic heterocycles. The number of aliphatic hydroxyl groups is 1. The molecular weight excluding hydrogens is 314 g/mol. The van der Waals surface area contributed by atoms with Crippen LogP contribution in [0.2, 0.25) is 0 Å². The summed E-state index contributed by atoms with van der Waals surface area (Å²) in [5.41, 5.74) is 4.42. The van der Waals surface area contributed by atoms with Crippen molar-refractivity contribution in [2.45, 2.75) is 38.8 Å². The number of fused-ring (bicyclic) bond motifs is 1. The van der Waals surface area contributed by atoms with Gasteiger partial charge in [-0.2, -0.15) is 0 Å². The van der Waals surface area contributed by atoms with Gasteiger partial charge in [-0.15, -0.1) is 0 Å². The molecule has 1 aromatic heterocycles. The second-order valence-corrected chi connectivity index (χ2v) is 6.45. The summed E-state index contributed by atoms with van der Waals surface area (Å²) in [6.07, 6.45) is 4.76. The highest BCUT2D eigenvalue weighted by molar-refractivity contribution is 5.75. The molecule has 1 aliphatic carbocycles. The molecule has 132 valence electrons. The predicted molar refractivity (Wildman–Crippen MR) is 97.1 cm³/mol. The van der Waals surface area contributed by atoms with Gasteiger partial charge in [0.2, 0.25) is 0 Å². The summed E-state index contributed by atoms with van der Waals surface area (Å²) in [5.74, 6) is 0. The molecule has 0 saturated carbocycles. The quantitative estimate of drug-likeness (QED) is 0.880. The van der Waals surface area contributed by atoms with Crippen molar-refractivity contribution in [1.82, 2.24) is 15.2 Å². The minimum absolute atomic E-state index is 0.0157. The number of urea groups is 1. The van der Waals surface area contributed by atoms with Crippen molar-refractivity contribution < 1.29 is 9.90 Å². The van der Waals surface area contributed by atoms with Gasteiger partial charge in [0, 0.05) is 12.7 Å². The van der Waals surface area contributed by atoms with Crippen LogP contribution in [0.1, 0.15) is 41.3 Å². The number of hydrogen-bond acceptors (Lipinski definition) is 3. The van der Waals surface area contributed by atoms with E-state index in [1.165, 1.54) is 11.1 Å². The number of pyridine rings is 1. The molecule has 1 atom stereocenters. The van der Waals surface area contributed by atoms with Crippen LogP contribution in [0.25, 0.3) is 0 Å². The van der Waals surface area contributed by atoms with E-state index in [1.54, 1.807) is 11.1 Å². The maximum absolute atomic E-state index is 12.8. The van der Waals surface area contributed by atoms with Crippen molar-refractivity contribution >= 4 is 6.03 Å². The van der Waals surface area contributed by atoms with Crippen molar-refractivity contribution in [3.05, 3.63) is 65.0 Å². The molecule has 0 saturated heterocycles. The number of hydrogen-bond donors (Lipinski definition) is 2. The number of carbonyl (C=O) groups excluding carboxylic acids is 1. The number of carbonyl (C=O) groups is 1. The molecule has 2 aromatic rings. The third-order valence-corrected chi connectivity index (χ3v) is 4.84. The normalized spacial score (nSPS) is 16.2. The average Bonchev–Trinajstić information content (AvgIpc) is 2.65. The van der Waals surface area contributed by atoms with Gasteiger partial charge in [-0.05, 0) is 48.9 Å². The molecule has 1 heterocycles. The smallest absolute Gasteiger partial charge is 0.318 e. The fourth-order valence-electron chi connectivity index (χ4n) is 3.52. The lowest BCUT2D eigenvalue weighted by Gasteiger charge is -2.35. The van der Waals surface area contributed by atoms with Gasteiger partial charge in [-0.3, -0.25) is 4.98 Å². The van der Waals surface area contributed by atoms with E-state index in [0.717, 1.165) is 30.5 Å². The first-order valence-electron chi connectivity index (χ1n) is 8.84. The summed E-state index contributed by atoms with van der Waals surface area (Å²) in [5, 5.41) is 12.4. The first kappa shape index (κ1) is 17.4. The predicted octanol–water partition coefficient (Wildman–Crippen LogP) is 2.97. The van der Waals surface area contributed by atoms with Crippen LogP contribution in [-0.4, -0.2) is 34.2 Å². The lowest BCUT2D eigenvalue weighted by Crippen LogP contribution is -2.44. The van der Waals surface area contributed by atoms with E-state index in [0.29, 0.717) is 13.1 Å². The highest BCUT2D eigenvalue weighted by atomic mass is 16.3. The number of aromatic nitrogens is 1. The summed E-state index contributed by atoms with van der Waals surface area (Å²) in [7, 11) is 0. The van der Waals surface area contributed by atoms with Crippen LogP contribution in [0.3, 0.4) is 0 Å². The van der Waals surface area contributed by atoms with Gasteiger partial charge >= 0.3 is 6.03 Å². The number of nitrogens with zero attached hydrogens (tertiary/aromatic N) is 2. The van der Waals surface area contributed by atoms with Crippen LogP contribution >= 0.6 is 0 Å². The minimum Gasteiger partial charge on any atom is -0.395 e. The molecule has 0 spiro atoms. The number of benzene rings is 1. The number of aliphatic hydroxyl groups excluding tert-OH is 1. The van der Waals surface area contributed by atoms with Crippen LogP contribution in [0.4, 0.5) is 4.79 Å². The van der Waals surface area contributed by atoms with Crippen molar-refractivity contribution in [1.29, 1.82) is 0 Å². The maximum Gasteiger partial charge on any atom is 0.318 e. The average molecular weight is 339 g/mol. The first-order valence-corrected chi connectivity index (χ1v) is 8.84. The topological polar surface area (TPSA) is 65.5 Å². The zero-order valence-electron chi connectivity index (χ0n) is 14.6. The molecule has 25 heavy (non-hydrogen) atoms. The third-order valence-electron chi connectivity index (χ3n) is 4.84. The highest BCUT2D eigenvalue weighted by Crippen LogP contribution is 2.34. The Balaban J connectivity index is 1.75. The lowest BCUT2D eigenvalue weighted by atomic mass is 9.87. The van der Waals surface area contributed by atoms with E-state index in [9.17, 15) is 9.90 Å². The third kappa shape index (κ3) is 3.99. The van der Waals surface area contributed by atoms with E-state index >= 15 is 0 Å². The maximum atomic E-state index is 12.8. The fraction of sp³-hybridized carbons (Fsp3) is 0.400. The molecule has 1 aliphatic rings. The van der Waals surface area contributed by atoms with E-state index in [-0.39, 0.29) is 18.7 Å². The first-order chi connectivity index (χ1) is 12.2. The Bertz CT molecular complexity index is 732. The molecule has 5 nitrogen and oxygen atoms in total. The van der Waals surface area contributed by atoms with Crippen LogP contribution < -0.4 is 5.32 Å². The van der Waals surface area contributed by atoms with Crippen molar-refractivity contribution in [3.63, 3.8) is 0 Å². The SMILES string of the molecule is Cc1cccnc1CNC(=O)N(CCO)C1CCCc2ccccc21. The molecule has 0 bridgehead atoms. The van der Waals surface area contributed by atoms with Gasteiger partial charge in [-0.1, -0.05) is 30.3 Å². The second kappa shape index (κ2) is 8.12. The zero-order chi connectivity index (χ0) is 17.6. The van der Waals surface area contributed by atoms with E-state index < -0.39 is 0 Å². The van der Waals surface area contributed by atoms with Crippen molar-refractivity contribution in [2.75, 3.05) is 13.2 Å². The number of aryl methyl sites for hydroxylation is 2. The molecule has 1 aromatic carbocycles. The summed E-state index contributed by atoms with van der Waals surface area (Å²) < 4.78 is 0. The molecular formula is C20H25N3O2. The Morgan fingerprint density at radius 3 is 2.96 bits per heavy atom. The monoisotopic (exact) mass is 339 g/mol. The van der Waals surface area contributed by atoms with Crippen molar-refractivity contribution in [2.24, 2.45) is 0 Å². The number of nitrogens with one attached hydrogen (secondary N) is 1. The van der Waals surface area contributed by atoms with Crippen LogP contribution in [0.15, 0.2) is 42.6 Å². The Morgan fingerprint density at radius 2 is 2.16 bits per heavy atom. The van der Waals surface area contributed by atoms with Gasteiger partial charge in [0.1, 0.15) is 0 Å². The Hall–Kier alpha value is -2.40. The largest absolute Gasteiger partial charge is 0.395 e. The van der Waals surface area contributed by atoms with E-state index in [1.807, 2.05) is 31.2 Å². The van der Waals surface area contributed by atoms with Gasteiger partial charge in [0.15, 0.2) is 0 Å². The standard InChI is InChI=1S/C20H25N3O2/c1-15-6-5-11-21-18(15)14-22-20(25)23(12-13-24)19-10-4-8-16-7-2-3-9-17(16)19/h2-3,5-7,9,11,19,24H,4,8,10,12-14H2,1H3,(H,22,25). The Labute approximate surface area is 148 Å². The molecule has 0 fully saturated rings. The van der Waals surface area contributed by atoms with Crippen LogP contribution in [-0.2, 0) is 13.0 Å². The number of rotatable bonds is 5. The second-order valence-electron chi connectivity index (χ2n) is 6.45. The summed E-state index contributed by atoms with van der Waals surface area (Å²) >= 11 is 0. The zero-order valence-corrected chi connectivity index (χ0v) is 14.6. The van der Waals surface area contributed by atoms with Gasteiger partial charge in [-0.25, -0.2) is 4.79 Å². The van der Waals surface area contributed by atoms with Gasteiger partial charge in [0.25, 0.3) is 0 Å². The minimum atomic E-state index is -0.152. The van der Waals surface area contributed by atoms with E-state index in [2.05, 4.69) is 22.4 Å². The van der Waals surface area contributed by atoms with E-state index in [4.69, 9.17) is 0 Å². The summed E-state index contributed by atoms with van der Waals surface area (Å²) in [6.45, 7) is 2.65. The summed E-state index contributed by atoms with van der Waals surface area (Å²) in [6, 6.07) is 12.0. The van der Waals surface area contributed by atoms with Crippen LogP contribution in [0.5, 0.6) is 0 Å². The van der Waals surface area contributed by atoms with Gasteiger partial charge in [0.05, 0.1) is 24.9 Å².